The summed E-state index contributed by atoms with van der Waals surface area (Å²) in [6, 6.07) is 36.3. The summed E-state index contributed by atoms with van der Waals surface area (Å²) in [6.07, 6.45) is -0.281. The summed E-state index contributed by atoms with van der Waals surface area (Å²) >= 11 is 0. The Hall–Kier alpha value is -3.73. The molecule has 35 heavy (non-hydrogen) atoms. The summed E-state index contributed by atoms with van der Waals surface area (Å²) in [4.78, 5) is 15.7. The van der Waals surface area contributed by atoms with Crippen LogP contribution in [0, 0.1) is 0 Å². The van der Waals surface area contributed by atoms with Crippen LogP contribution in [-0.2, 0) is 21.7 Å². The van der Waals surface area contributed by atoms with E-state index >= 15 is 0 Å². The number of carbonyl (C=O) groups excluding carboxylic acids is 1. The van der Waals surface area contributed by atoms with Crippen molar-refractivity contribution in [2.45, 2.75) is 30.7 Å². The Balaban J connectivity index is 1.49. The zero-order valence-corrected chi connectivity index (χ0v) is 19.4. The standard InChI is InChI=1S/C31H27NO3/c33-24-19-29(30(34)35-21-22-11-3-1-4-12-22)32(20-24)31(23-13-5-2-6-14-23)27-17-9-7-15-25(27)26-16-8-10-18-28(26)31/h1-18,24,29,33H,19-21H2/t24-,29+/m1/s1. The minimum Gasteiger partial charge on any atom is -0.460 e. The Morgan fingerprint density at radius 3 is 1.97 bits per heavy atom. The van der Waals surface area contributed by atoms with Crippen molar-refractivity contribution in [3.8, 4) is 11.1 Å². The van der Waals surface area contributed by atoms with E-state index in [0.717, 1.165) is 33.4 Å². The number of hydrogen-bond acceptors (Lipinski definition) is 4. The van der Waals surface area contributed by atoms with E-state index in [1.54, 1.807) is 0 Å². The van der Waals surface area contributed by atoms with Gasteiger partial charge in [-0.2, -0.15) is 0 Å². The number of hydrogen-bond donors (Lipinski definition) is 1. The van der Waals surface area contributed by atoms with Crippen molar-refractivity contribution in [3.63, 3.8) is 0 Å². The van der Waals surface area contributed by atoms with Crippen molar-refractivity contribution in [2.24, 2.45) is 0 Å². The van der Waals surface area contributed by atoms with Gasteiger partial charge in [0.05, 0.1) is 11.6 Å². The molecule has 0 bridgehead atoms. The number of rotatable bonds is 5. The highest BCUT2D eigenvalue weighted by molar-refractivity contribution is 5.84. The largest absolute Gasteiger partial charge is 0.460 e. The van der Waals surface area contributed by atoms with Crippen LogP contribution >= 0.6 is 0 Å². The number of aliphatic hydroxyl groups is 1. The lowest BCUT2D eigenvalue weighted by Crippen LogP contribution is -2.52. The van der Waals surface area contributed by atoms with Crippen LogP contribution in [0.3, 0.4) is 0 Å². The van der Waals surface area contributed by atoms with Gasteiger partial charge < -0.3 is 9.84 Å². The molecule has 4 nitrogen and oxygen atoms in total. The van der Waals surface area contributed by atoms with Gasteiger partial charge in [-0.15, -0.1) is 0 Å². The average molecular weight is 462 g/mol. The molecule has 0 aromatic heterocycles. The predicted molar refractivity (Wildman–Crippen MR) is 136 cm³/mol. The van der Waals surface area contributed by atoms with Crippen LogP contribution in [0.4, 0.5) is 0 Å². The maximum atomic E-state index is 13.6. The molecule has 0 spiro atoms. The number of nitrogens with zero attached hydrogens (tertiary/aromatic N) is 1. The molecule has 1 heterocycles. The van der Waals surface area contributed by atoms with E-state index in [2.05, 4.69) is 65.6 Å². The molecule has 1 aliphatic heterocycles. The molecule has 174 valence electrons. The number of likely N-dealkylation sites (tertiary alicyclic amines) is 1. The van der Waals surface area contributed by atoms with E-state index < -0.39 is 17.7 Å². The van der Waals surface area contributed by atoms with Crippen molar-refractivity contribution in [1.29, 1.82) is 0 Å². The fourth-order valence-corrected chi connectivity index (χ4v) is 5.91. The molecule has 4 heteroatoms. The maximum Gasteiger partial charge on any atom is 0.323 e. The van der Waals surface area contributed by atoms with Crippen molar-refractivity contribution in [1.82, 2.24) is 4.90 Å². The molecule has 4 aromatic carbocycles. The third-order valence-corrected chi connectivity index (χ3v) is 7.32. The van der Waals surface area contributed by atoms with Crippen molar-refractivity contribution < 1.29 is 14.6 Å². The molecule has 0 amide bonds. The lowest BCUT2D eigenvalue weighted by atomic mass is 9.78. The molecule has 0 radical (unpaired) electrons. The quantitative estimate of drug-likeness (QED) is 0.418. The molecular weight excluding hydrogens is 434 g/mol. The molecule has 1 N–H and O–H groups in total. The first-order valence-corrected chi connectivity index (χ1v) is 12.1. The molecule has 1 fully saturated rings. The van der Waals surface area contributed by atoms with E-state index in [-0.39, 0.29) is 12.6 Å². The number of ether oxygens (including phenoxy) is 1. The summed E-state index contributed by atoms with van der Waals surface area (Å²) in [6.45, 7) is 0.592. The zero-order valence-electron chi connectivity index (χ0n) is 19.4. The molecule has 1 aliphatic carbocycles. The van der Waals surface area contributed by atoms with Gasteiger partial charge in [-0.3, -0.25) is 9.69 Å². The average Bonchev–Trinajstić information content (AvgIpc) is 3.45. The Morgan fingerprint density at radius 1 is 0.800 bits per heavy atom. The first kappa shape index (κ1) is 21.8. The van der Waals surface area contributed by atoms with Gasteiger partial charge in [0.2, 0.25) is 0 Å². The summed E-state index contributed by atoms with van der Waals surface area (Å²) in [5, 5.41) is 10.9. The van der Waals surface area contributed by atoms with Gasteiger partial charge in [-0.1, -0.05) is 109 Å². The number of aliphatic hydroxyl groups excluding tert-OH is 1. The summed E-state index contributed by atoms with van der Waals surface area (Å²) in [5.41, 5.74) is 5.88. The monoisotopic (exact) mass is 461 g/mol. The normalized spacial score (nSPS) is 20.3. The Kier molecular flexibility index (Phi) is 5.48. The maximum absolute atomic E-state index is 13.6. The van der Waals surface area contributed by atoms with E-state index in [0.29, 0.717) is 13.0 Å². The highest BCUT2D eigenvalue weighted by Gasteiger charge is 2.55. The van der Waals surface area contributed by atoms with Crippen LogP contribution < -0.4 is 0 Å². The van der Waals surface area contributed by atoms with Crippen molar-refractivity contribution in [3.05, 3.63) is 131 Å². The molecule has 4 aromatic rings. The second-order valence-electron chi connectivity index (χ2n) is 9.32. The smallest absolute Gasteiger partial charge is 0.323 e. The molecular formula is C31H27NO3. The van der Waals surface area contributed by atoms with Gasteiger partial charge in [0, 0.05) is 13.0 Å². The number of carbonyl (C=O) groups is 1. The minimum atomic E-state index is -0.706. The van der Waals surface area contributed by atoms with Gasteiger partial charge in [-0.25, -0.2) is 0 Å². The molecule has 0 saturated carbocycles. The van der Waals surface area contributed by atoms with Crippen LogP contribution in [0.15, 0.2) is 109 Å². The molecule has 2 atom stereocenters. The zero-order chi connectivity index (χ0) is 23.8. The molecule has 6 rings (SSSR count). The first-order chi connectivity index (χ1) is 17.2. The van der Waals surface area contributed by atoms with Crippen molar-refractivity contribution >= 4 is 5.97 Å². The van der Waals surface area contributed by atoms with E-state index in [9.17, 15) is 9.90 Å². The van der Waals surface area contributed by atoms with Gasteiger partial charge in [0.1, 0.15) is 12.6 Å². The fraction of sp³-hybridized carbons (Fsp3) is 0.194. The number of esters is 1. The highest BCUT2D eigenvalue weighted by atomic mass is 16.5. The van der Waals surface area contributed by atoms with E-state index in [1.807, 2.05) is 48.5 Å². The van der Waals surface area contributed by atoms with Gasteiger partial charge >= 0.3 is 5.97 Å². The number of β-amino-alcohol motifs (C(OH)–C–C–N with tert-alkyl or cyclic N) is 1. The Bertz CT molecular complexity index is 1310. The Labute approximate surface area is 205 Å². The lowest BCUT2D eigenvalue weighted by Gasteiger charge is -2.43. The highest BCUT2D eigenvalue weighted by Crippen LogP contribution is 2.56. The fourth-order valence-electron chi connectivity index (χ4n) is 5.91. The van der Waals surface area contributed by atoms with Crippen LogP contribution in [-0.4, -0.2) is 34.7 Å². The predicted octanol–water partition coefficient (Wildman–Crippen LogP) is 5.14. The second-order valence-corrected chi connectivity index (χ2v) is 9.32. The van der Waals surface area contributed by atoms with Crippen LogP contribution in [0.2, 0.25) is 0 Å². The SMILES string of the molecule is O=C(OCc1ccccc1)[C@@H]1C[C@@H](O)CN1C1(c2ccccc2)c2ccccc2-c2ccccc21. The van der Waals surface area contributed by atoms with Gasteiger partial charge in [0.25, 0.3) is 0 Å². The van der Waals surface area contributed by atoms with Gasteiger partial charge in [0.15, 0.2) is 0 Å². The van der Waals surface area contributed by atoms with Crippen LogP contribution in [0.1, 0.15) is 28.7 Å². The summed E-state index contributed by atoms with van der Waals surface area (Å²) in [5.74, 6) is -0.303. The number of fused-ring (bicyclic) bond motifs is 3. The Morgan fingerprint density at radius 2 is 1.34 bits per heavy atom. The molecule has 0 unspecified atom stereocenters. The topological polar surface area (TPSA) is 49.8 Å². The summed E-state index contributed by atoms with van der Waals surface area (Å²) < 4.78 is 5.82. The third kappa shape index (κ3) is 3.49. The number of benzene rings is 4. The van der Waals surface area contributed by atoms with E-state index in [4.69, 9.17) is 4.74 Å². The third-order valence-electron chi connectivity index (χ3n) is 7.32. The lowest BCUT2D eigenvalue weighted by molar-refractivity contribution is -0.151. The van der Waals surface area contributed by atoms with Gasteiger partial charge in [-0.05, 0) is 33.4 Å². The van der Waals surface area contributed by atoms with Crippen LogP contribution in [0.5, 0.6) is 0 Å². The second kappa shape index (κ2) is 8.81. The van der Waals surface area contributed by atoms with Crippen molar-refractivity contribution in [2.75, 3.05) is 6.54 Å². The molecule has 2 aliphatic rings. The summed E-state index contributed by atoms with van der Waals surface area (Å²) in [7, 11) is 0. The van der Waals surface area contributed by atoms with Crippen LogP contribution in [0.25, 0.3) is 11.1 Å². The minimum absolute atomic E-state index is 0.214. The first-order valence-electron chi connectivity index (χ1n) is 12.1. The van der Waals surface area contributed by atoms with E-state index in [1.165, 1.54) is 0 Å². The molecule has 1 saturated heterocycles.